The summed E-state index contributed by atoms with van der Waals surface area (Å²) in [5.41, 5.74) is 0. The van der Waals surface area contributed by atoms with E-state index in [0.717, 1.165) is 13.0 Å². The number of hydrogen-bond acceptors (Lipinski definition) is 2. The molecule has 0 N–H and O–H groups in total. The average Bonchev–Trinajstić information content (AvgIpc) is 2.55. The van der Waals surface area contributed by atoms with Gasteiger partial charge in [0.15, 0.2) is 0 Å². The number of hydrogen-bond donors (Lipinski definition) is 0. The van der Waals surface area contributed by atoms with E-state index in [1.165, 1.54) is 32.2 Å². The van der Waals surface area contributed by atoms with Crippen molar-refractivity contribution in [1.29, 1.82) is 5.26 Å². The van der Waals surface area contributed by atoms with Gasteiger partial charge < -0.3 is 0 Å². The lowest BCUT2D eigenvalue weighted by Crippen LogP contribution is -2.30. The van der Waals surface area contributed by atoms with Gasteiger partial charge in [-0.1, -0.05) is 26.2 Å². The molecule has 2 unspecified atom stereocenters. The summed E-state index contributed by atoms with van der Waals surface area (Å²) in [5, 5.41) is 8.89. The second kappa shape index (κ2) is 6.03. The van der Waals surface area contributed by atoms with Crippen molar-refractivity contribution >= 4 is 0 Å². The zero-order valence-electron chi connectivity index (χ0n) is 9.50. The van der Waals surface area contributed by atoms with Gasteiger partial charge in [0.05, 0.1) is 12.0 Å². The molecule has 1 saturated heterocycles. The highest BCUT2D eigenvalue weighted by atomic mass is 15.2. The summed E-state index contributed by atoms with van der Waals surface area (Å²) >= 11 is 0. The molecule has 80 valence electrons. The average molecular weight is 194 g/mol. The first-order valence-electron chi connectivity index (χ1n) is 5.93. The summed E-state index contributed by atoms with van der Waals surface area (Å²) in [6, 6.07) is 2.89. The molecule has 0 amide bonds. The van der Waals surface area contributed by atoms with Gasteiger partial charge in [0.2, 0.25) is 0 Å². The quantitative estimate of drug-likeness (QED) is 0.629. The summed E-state index contributed by atoms with van der Waals surface area (Å²) in [6.45, 7) is 6.76. The fourth-order valence-electron chi connectivity index (χ4n) is 2.23. The van der Waals surface area contributed by atoms with Gasteiger partial charge in [-0.3, -0.25) is 4.90 Å². The van der Waals surface area contributed by atoms with Crippen molar-refractivity contribution in [2.45, 2.75) is 52.0 Å². The molecule has 2 heteroatoms. The SMILES string of the molecule is CCCCCCN1CCC(C#N)C1C. The van der Waals surface area contributed by atoms with Gasteiger partial charge in [-0.2, -0.15) is 5.26 Å². The third kappa shape index (κ3) is 2.99. The summed E-state index contributed by atoms with van der Waals surface area (Å²) in [6.07, 6.45) is 6.37. The predicted molar refractivity (Wildman–Crippen MR) is 58.9 cm³/mol. The fourth-order valence-corrected chi connectivity index (χ4v) is 2.23. The van der Waals surface area contributed by atoms with E-state index < -0.39 is 0 Å². The first-order chi connectivity index (χ1) is 6.79. The van der Waals surface area contributed by atoms with Crippen molar-refractivity contribution in [1.82, 2.24) is 4.90 Å². The van der Waals surface area contributed by atoms with Crippen LogP contribution in [0, 0.1) is 17.2 Å². The molecular formula is C12H22N2. The van der Waals surface area contributed by atoms with E-state index in [-0.39, 0.29) is 5.92 Å². The molecular weight excluding hydrogens is 172 g/mol. The van der Waals surface area contributed by atoms with Crippen LogP contribution in [0.25, 0.3) is 0 Å². The van der Waals surface area contributed by atoms with Crippen molar-refractivity contribution in [3.8, 4) is 6.07 Å². The lowest BCUT2D eigenvalue weighted by atomic mass is 10.0. The Morgan fingerprint density at radius 3 is 2.71 bits per heavy atom. The van der Waals surface area contributed by atoms with E-state index in [1.54, 1.807) is 0 Å². The minimum absolute atomic E-state index is 0.279. The minimum atomic E-state index is 0.279. The van der Waals surface area contributed by atoms with Crippen LogP contribution < -0.4 is 0 Å². The summed E-state index contributed by atoms with van der Waals surface area (Å²) < 4.78 is 0. The molecule has 1 rings (SSSR count). The van der Waals surface area contributed by atoms with Gasteiger partial charge >= 0.3 is 0 Å². The monoisotopic (exact) mass is 194 g/mol. The molecule has 0 bridgehead atoms. The number of rotatable bonds is 5. The first-order valence-corrected chi connectivity index (χ1v) is 5.93. The number of nitriles is 1. The van der Waals surface area contributed by atoms with Crippen molar-refractivity contribution in [3.63, 3.8) is 0 Å². The molecule has 0 aromatic carbocycles. The Kier molecular flexibility index (Phi) is 4.97. The molecule has 0 spiro atoms. The summed E-state index contributed by atoms with van der Waals surface area (Å²) in [5.74, 6) is 0.279. The van der Waals surface area contributed by atoms with Crippen LogP contribution in [0.1, 0.15) is 46.0 Å². The Labute approximate surface area is 87.9 Å². The molecule has 1 heterocycles. The summed E-state index contributed by atoms with van der Waals surface area (Å²) in [7, 11) is 0. The largest absolute Gasteiger partial charge is 0.299 e. The van der Waals surface area contributed by atoms with Gasteiger partial charge in [-0.25, -0.2) is 0 Å². The Morgan fingerprint density at radius 1 is 1.36 bits per heavy atom. The zero-order chi connectivity index (χ0) is 10.4. The van der Waals surface area contributed by atoms with Crippen LogP contribution in [0.15, 0.2) is 0 Å². The Bertz CT molecular complexity index is 195. The van der Waals surface area contributed by atoms with E-state index in [1.807, 2.05) is 0 Å². The van der Waals surface area contributed by atoms with Crippen LogP contribution in [0.4, 0.5) is 0 Å². The summed E-state index contributed by atoms with van der Waals surface area (Å²) in [4.78, 5) is 2.48. The molecule has 0 aromatic rings. The molecule has 2 nitrogen and oxygen atoms in total. The first kappa shape index (κ1) is 11.5. The standard InChI is InChI=1S/C12H22N2/c1-3-4-5-6-8-14-9-7-12(10-13)11(14)2/h11-12H,3-9H2,1-2H3. The van der Waals surface area contributed by atoms with E-state index >= 15 is 0 Å². The fraction of sp³-hybridized carbons (Fsp3) is 0.917. The second-order valence-electron chi connectivity index (χ2n) is 4.36. The number of nitrogens with zero attached hydrogens (tertiary/aromatic N) is 2. The van der Waals surface area contributed by atoms with Crippen LogP contribution in [0.5, 0.6) is 0 Å². The number of likely N-dealkylation sites (tertiary alicyclic amines) is 1. The molecule has 0 saturated carbocycles. The van der Waals surface area contributed by atoms with Gasteiger partial charge in [0, 0.05) is 6.04 Å². The maximum absolute atomic E-state index is 8.89. The highest BCUT2D eigenvalue weighted by Crippen LogP contribution is 2.23. The lowest BCUT2D eigenvalue weighted by molar-refractivity contribution is 0.250. The van der Waals surface area contributed by atoms with Crippen molar-refractivity contribution < 1.29 is 0 Å². The molecule has 0 aromatic heterocycles. The highest BCUT2D eigenvalue weighted by Gasteiger charge is 2.29. The van der Waals surface area contributed by atoms with E-state index in [4.69, 9.17) is 5.26 Å². The zero-order valence-corrected chi connectivity index (χ0v) is 9.50. The van der Waals surface area contributed by atoms with E-state index in [9.17, 15) is 0 Å². The Morgan fingerprint density at radius 2 is 2.14 bits per heavy atom. The van der Waals surface area contributed by atoms with Crippen LogP contribution >= 0.6 is 0 Å². The molecule has 0 aliphatic carbocycles. The third-order valence-corrected chi connectivity index (χ3v) is 3.35. The van der Waals surface area contributed by atoms with Gasteiger partial charge in [-0.15, -0.1) is 0 Å². The molecule has 0 radical (unpaired) electrons. The second-order valence-corrected chi connectivity index (χ2v) is 4.36. The normalized spacial score (nSPS) is 27.8. The predicted octanol–water partition coefficient (Wildman–Crippen LogP) is 2.80. The molecule has 1 aliphatic heterocycles. The van der Waals surface area contributed by atoms with E-state index in [2.05, 4.69) is 24.8 Å². The van der Waals surface area contributed by atoms with Crippen molar-refractivity contribution in [2.75, 3.05) is 13.1 Å². The highest BCUT2D eigenvalue weighted by molar-refractivity contribution is 4.96. The van der Waals surface area contributed by atoms with Gasteiger partial charge in [0.1, 0.15) is 0 Å². The Hall–Kier alpha value is -0.550. The van der Waals surface area contributed by atoms with Crippen molar-refractivity contribution in [2.24, 2.45) is 5.92 Å². The van der Waals surface area contributed by atoms with Crippen molar-refractivity contribution in [3.05, 3.63) is 0 Å². The maximum Gasteiger partial charge on any atom is 0.0672 e. The molecule has 1 fully saturated rings. The third-order valence-electron chi connectivity index (χ3n) is 3.35. The molecule has 1 aliphatic rings. The minimum Gasteiger partial charge on any atom is -0.299 e. The number of unbranched alkanes of at least 4 members (excludes halogenated alkanes) is 3. The molecule has 2 atom stereocenters. The van der Waals surface area contributed by atoms with Gasteiger partial charge in [0.25, 0.3) is 0 Å². The maximum atomic E-state index is 8.89. The van der Waals surface area contributed by atoms with Gasteiger partial charge in [-0.05, 0) is 32.9 Å². The Balaban J connectivity index is 2.17. The van der Waals surface area contributed by atoms with Crippen LogP contribution in [0.3, 0.4) is 0 Å². The van der Waals surface area contributed by atoms with Crippen LogP contribution in [0.2, 0.25) is 0 Å². The van der Waals surface area contributed by atoms with Crippen LogP contribution in [-0.4, -0.2) is 24.0 Å². The molecule has 14 heavy (non-hydrogen) atoms. The van der Waals surface area contributed by atoms with Crippen LogP contribution in [-0.2, 0) is 0 Å². The van der Waals surface area contributed by atoms with E-state index in [0.29, 0.717) is 6.04 Å². The smallest absolute Gasteiger partial charge is 0.0672 e. The lowest BCUT2D eigenvalue weighted by Gasteiger charge is -2.21. The topological polar surface area (TPSA) is 27.0 Å².